The van der Waals surface area contributed by atoms with Crippen molar-refractivity contribution in [2.75, 3.05) is 30.1 Å². The van der Waals surface area contributed by atoms with Crippen molar-refractivity contribution in [1.29, 1.82) is 0 Å². The van der Waals surface area contributed by atoms with Gasteiger partial charge in [-0.05, 0) is 12.1 Å². The second-order valence-electron chi connectivity index (χ2n) is 4.17. The lowest BCUT2D eigenvalue weighted by Crippen LogP contribution is -2.16. The molecule has 23 heavy (non-hydrogen) atoms. The van der Waals surface area contributed by atoms with Gasteiger partial charge in [-0.3, -0.25) is 14.9 Å². The Morgan fingerprint density at radius 1 is 1.26 bits per heavy atom. The Bertz CT molecular complexity index is 695. The summed E-state index contributed by atoms with van der Waals surface area (Å²) in [7, 11) is 1.43. The first-order valence-electron chi connectivity index (χ1n) is 6.38. The number of ether oxygens (including phenoxy) is 1. The first kappa shape index (κ1) is 17.7. The van der Waals surface area contributed by atoms with Crippen LogP contribution in [0.1, 0.15) is 0 Å². The molecule has 0 atom stereocenters. The highest BCUT2D eigenvalue weighted by molar-refractivity contribution is 8.01. The standard InChI is InChI=1S/C13H13ClN4O3S2/c1-21-6-10(19)16-12-17-18-13(23-12)22-7-11(20)15-9-5-3-2-4-8(9)14/h2-5H,6-7H2,1H3,(H,15,20)(H,16,17,19). The Kier molecular flexibility index (Phi) is 6.78. The van der Waals surface area contributed by atoms with Crippen LogP contribution in [0.5, 0.6) is 0 Å². The summed E-state index contributed by atoms with van der Waals surface area (Å²) in [5.41, 5.74) is 0.560. The third-order valence-electron chi connectivity index (χ3n) is 2.40. The van der Waals surface area contributed by atoms with Crippen molar-refractivity contribution >= 4 is 57.3 Å². The van der Waals surface area contributed by atoms with Gasteiger partial charge in [0.15, 0.2) is 4.34 Å². The molecule has 0 bridgehead atoms. The maximum Gasteiger partial charge on any atom is 0.252 e. The molecule has 2 rings (SSSR count). The number of nitrogens with one attached hydrogen (secondary N) is 2. The number of rotatable bonds is 7. The van der Waals surface area contributed by atoms with Gasteiger partial charge in [-0.2, -0.15) is 0 Å². The molecule has 0 unspecified atom stereocenters. The van der Waals surface area contributed by atoms with Crippen LogP contribution in [0, 0.1) is 0 Å². The van der Waals surface area contributed by atoms with Crippen LogP contribution in [-0.4, -0.2) is 41.5 Å². The van der Waals surface area contributed by atoms with Gasteiger partial charge in [0.2, 0.25) is 11.0 Å². The first-order valence-corrected chi connectivity index (χ1v) is 8.56. The lowest BCUT2D eigenvalue weighted by Gasteiger charge is -2.05. The van der Waals surface area contributed by atoms with Crippen LogP contribution in [-0.2, 0) is 14.3 Å². The van der Waals surface area contributed by atoms with E-state index in [1.165, 1.54) is 30.2 Å². The highest BCUT2D eigenvalue weighted by Gasteiger charge is 2.11. The number of carbonyl (C=O) groups is 2. The Morgan fingerprint density at radius 3 is 2.78 bits per heavy atom. The van der Waals surface area contributed by atoms with E-state index >= 15 is 0 Å². The Labute approximate surface area is 145 Å². The van der Waals surface area contributed by atoms with Crippen molar-refractivity contribution in [2.45, 2.75) is 4.34 Å². The van der Waals surface area contributed by atoms with E-state index in [0.717, 1.165) is 0 Å². The van der Waals surface area contributed by atoms with E-state index in [9.17, 15) is 9.59 Å². The SMILES string of the molecule is COCC(=O)Nc1nnc(SCC(=O)Nc2ccccc2Cl)s1. The largest absolute Gasteiger partial charge is 0.375 e. The molecule has 122 valence electrons. The third kappa shape index (κ3) is 5.79. The lowest BCUT2D eigenvalue weighted by atomic mass is 10.3. The quantitative estimate of drug-likeness (QED) is 0.573. The zero-order chi connectivity index (χ0) is 16.7. The van der Waals surface area contributed by atoms with Crippen molar-refractivity contribution in [2.24, 2.45) is 0 Å². The van der Waals surface area contributed by atoms with E-state index in [4.69, 9.17) is 16.3 Å². The Morgan fingerprint density at radius 2 is 2.04 bits per heavy atom. The topological polar surface area (TPSA) is 93.2 Å². The van der Waals surface area contributed by atoms with E-state index in [1.54, 1.807) is 24.3 Å². The zero-order valence-corrected chi connectivity index (χ0v) is 14.4. The molecule has 1 heterocycles. The summed E-state index contributed by atoms with van der Waals surface area (Å²) in [6.45, 7) is -0.0533. The Hall–Kier alpha value is -1.68. The molecule has 0 aliphatic carbocycles. The molecule has 10 heteroatoms. The highest BCUT2D eigenvalue weighted by Crippen LogP contribution is 2.26. The van der Waals surface area contributed by atoms with Gasteiger partial charge >= 0.3 is 0 Å². The number of anilines is 2. The highest BCUT2D eigenvalue weighted by atomic mass is 35.5. The van der Waals surface area contributed by atoms with Crippen LogP contribution in [0.25, 0.3) is 0 Å². The fraction of sp³-hybridized carbons (Fsp3) is 0.231. The summed E-state index contributed by atoms with van der Waals surface area (Å²) in [4.78, 5) is 23.2. The number of thioether (sulfide) groups is 1. The predicted molar refractivity (Wildman–Crippen MR) is 91.2 cm³/mol. The smallest absolute Gasteiger partial charge is 0.252 e. The van der Waals surface area contributed by atoms with Gasteiger partial charge in [-0.1, -0.05) is 46.8 Å². The number of halogens is 1. The van der Waals surface area contributed by atoms with E-state index in [2.05, 4.69) is 20.8 Å². The zero-order valence-electron chi connectivity index (χ0n) is 12.0. The molecule has 0 aliphatic rings. The normalized spacial score (nSPS) is 10.3. The second kappa shape index (κ2) is 8.82. The number of benzene rings is 1. The molecule has 2 N–H and O–H groups in total. The minimum atomic E-state index is -0.309. The molecule has 1 aromatic carbocycles. The molecular weight excluding hydrogens is 360 g/mol. The van der Waals surface area contributed by atoms with E-state index in [1.807, 2.05) is 0 Å². The van der Waals surface area contributed by atoms with Gasteiger partial charge < -0.3 is 10.1 Å². The molecule has 0 saturated carbocycles. The summed E-state index contributed by atoms with van der Waals surface area (Å²) < 4.78 is 5.28. The summed E-state index contributed by atoms with van der Waals surface area (Å²) in [5.74, 6) is -0.355. The maximum atomic E-state index is 11.9. The number of methoxy groups -OCH3 is 1. The molecule has 0 aliphatic heterocycles. The molecular formula is C13H13ClN4O3S2. The average Bonchev–Trinajstić information content (AvgIpc) is 2.95. The van der Waals surface area contributed by atoms with Gasteiger partial charge in [0.25, 0.3) is 5.91 Å². The first-order chi connectivity index (χ1) is 11.1. The minimum absolute atomic E-state index is 0.0533. The lowest BCUT2D eigenvalue weighted by molar-refractivity contribution is -0.119. The van der Waals surface area contributed by atoms with Gasteiger partial charge in [0.05, 0.1) is 16.5 Å². The molecule has 0 saturated heterocycles. The summed E-state index contributed by atoms with van der Waals surface area (Å²) in [6.07, 6.45) is 0. The van der Waals surface area contributed by atoms with Crippen molar-refractivity contribution in [3.63, 3.8) is 0 Å². The number of aromatic nitrogens is 2. The van der Waals surface area contributed by atoms with Crippen LogP contribution in [0.3, 0.4) is 0 Å². The number of hydrogen-bond donors (Lipinski definition) is 2. The molecule has 0 radical (unpaired) electrons. The van der Waals surface area contributed by atoms with Gasteiger partial charge in [0, 0.05) is 7.11 Å². The van der Waals surface area contributed by atoms with E-state index in [-0.39, 0.29) is 24.2 Å². The maximum absolute atomic E-state index is 11.9. The Balaban J connectivity index is 1.82. The van der Waals surface area contributed by atoms with Gasteiger partial charge in [-0.15, -0.1) is 10.2 Å². The van der Waals surface area contributed by atoms with Crippen LogP contribution < -0.4 is 10.6 Å². The number of carbonyl (C=O) groups excluding carboxylic acids is 2. The van der Waals surface area contributed by atoms with Gasteiger partial charge in [-0.25, -0.2) is 0 Å². The molecule has 0 fully saturated rings. The van der Waals surface area contributed by atoms with Crippen LogP contribution in [0.15, 0.2) is 28.6 Å². The third-order valence-corrected chi connectivity index (χ3v) is 4.70. The molecule has 2 amide bonds. The molecule has 0 spiro atoms. The average molecular weight is 373 g/mol. The fourth-order valence-corrected chi connectivity index (χ4v) is 3.23. The van der Waals surface area contributed by atoms with Crippen molar-refractivity contribution < 1.29 is 14.3 Å². The number of nitrogens with zero attached hydrogens (tertiary/aromatic N) is 2. The fourth-order valence-electron chi connectivity index (χ4n) is 1.48. The monoisotopic (exact) mass is 372 g/mol. The summed E-state index contributed by atoms with van der Waals surface area (Å²) >= 11 is 8.38. The van der Waals surface area contributed by atoms with Gasteiger partial charge in [0.1, 0.15) is 6.61 Å². The van der Waals surface area contributed by atoms with E-state index < -0.39 is 0 Å². The second-order valence-corrected chi connectivity index (χ2v) is 6.78. The van der Waals surface area contributed by atoms with Crippen LogP contribution in [0.4, 0.5) is 10.8 Å². The van der Waals surface area contributed by atoms with Crippen LogP contribution in [0.2, 0.25) is 5.02 Å². The molecule has 1 aromatic heterocycles. The summed E-state index contributed by atoms with van der Waals surface area (Å²) in [5, 5.41) is 13.8. The number of hydrogen-bond acceptors (Lipinski definition) is 7. The molecule has 7 nitrogen and oxygen atoms in total. The van der Waals surface area contributed by atoms with E-state index in [0.29, 0.717) is 20.2 Å². The predicted octanol–water partition coefficient (Wildman–Crippen LogP) is 2.51. The van der Waals surface area contributed by atoms with Crippen molar-refractivity contribution in [1.82, 2.24) is 10.2 Å². The van der Waals surface area contributed by atoms with Crippen molar-refractivity contribution in [3.05, 3.63) is 29.3 Å². The molecule has 2 aromatic rings. The van der Waals surface area contributed by atoms with Crippen molar-refractivity contribution in [3.8, 4) is 0 Å². The number of para-hydroxylation sites is 1. The number of amides is 2. The minimum Gasteiger partial charge on any atom is -0.375 e. The van der Waals surface area contributed by atoms with Crippen LogP contribution >= 0.6 is 34.7 Å². The summed E-state index contributed by atoms with van der Waals surface area (Å²) in [6, 6.07) is 6.99.